The molecule has 0 fully saturated rings. The van der Waals surface area contributed by atoms with Gasteiger partial charge >= 0.3 is 0 Å². The van der Waals surface area contributed by atoms with E-state index in [2.05, 4.69) is 30.7 Å². The van der Waals surface area contributed by atoms with E-state index in [1.807, 2.05) is 25.1 Å². The van der Waals surface area contributed by atoms with Gasteiger partial charge in [0, 0.05) is 17.5 Å². The zero-order chi connectivity index (χ0) is 16.1. The number of nitrogens with zero attached hydrogens (tertiary/aromatic N) is 2. The molecule has 2 aromatic heterocycles. The predicted octanol–water partition coefficient (Wildman–Crippen LogP) is 5.17. The molecule has 0 unspecified atom stereocenters. The standard InChI is InChI=1S/C18H23ClN2O/c1-12(2)7-13(3)11-22-18-10-21-17(9-16(18)19)15-5-6-20-14(4)8-15/h5-6,8-10,12-13H,7,11H2,1-4H3/t13-/m0/s1. The number of ether oxygens (including phenoxy) is 1. The molecule has 118 valence electrons. The van der Waals surface area contributed by atoms with E-state index in [-0.39, 0.29) is 0 Å². The van der Waals surface area contributed by atoms with Crippen LogP contribution in [0.25, 0.3) is 11.3 Å². The van der Waals surface area contributed by atoms with E-state index in [9.17, 15) is 0 Å². The molecule has 4 heteroatoms. The lowest BCUT2D eigenvalue weighted by atomic mass is 10.00. The highest BCUT2D eigenvalue weighted by atomic mass is 35.5. The average Bonchev–Trinajstić information content (AvgIpc) is 2.45. The van der Waals surface area contributed by atoms with Crippen molar-refractivity contribution in [2.24, 2.45) is 11.8 Å². The van der Waals surface area contributed by atoms with Crippen LogP contribution >= 0.6 is 11.6 Å². The van der Waals surface area contributed by atoms with Gasteiger partial charge in [0.1, 0.15) is 0 Å². The number of hydrogen-bond donors (Lipinski definition) is 0. The molecule has 3 nitrogen and oxygen atoms in total. The maximum absolute atomic E-state index is 6.33. The monoisotopic (exact) mass is 318 g/mol. The van der Waals surface area contributed by atoms with Crippen LogP contribution in [0.3, 0.4) is 0 Å². The highest BCUT2D eigenvalue weighted by molar-refractivity contribution is 6.32. The molecule has 0 saturated carbocycles. The summed E-state index contributed by atoms with van der Waals surface area (Å²) in [5.74, 6) is 1.81. The van der Waals surface area contributed by atoms with Gasteiger partial charge in [0.2, 0.25) is 0 Å². The quantitative estimate of drug-likeness (QED) is 0.737. The molecule has 0 bridgehead atoms. The first-order valence-corrected chi connectivity index (χ1v) is 8.05. The first-order valence-electron chi connectivity index (χ1n) is 7.67. The summed E-state index contributed by atoms with van der Waals surface area (Å²) in [4.78, 5) is 8.64. The molecule has 0 N–H and O–H groups in total. The zero-order valence-electron chi connectivity index (χ0n) is 13.6. The van der Waals surface area contributed by atoms with E-state index >= 15 is 0 Å². The van der Waals surface area contributed by atoms with Gasteiger partial charge in [0.15, 0.2) is 5.75 Å². The van der Waals surface area contributed by atoms with Crippen molar-refractivity contribution in [2.75, 3.05) is 6.61 Å². The SMILES string of the molecule is Cc1cc(-c2cc(Cl)c(OC[C@@H](C)CC(C)C)cn2)ccn1. The van der Waals surface area contributed by atoms with Gasteiger partial charge < -0.3 is 4.74 Å². The Kier molecular flexibility index (Phi) is 5.78. The molecule has 0 spiro atoms. The third-order valence-corrected chi connectivity index (χ3v) is 3.70. The summed E-state index contributed by atoms with van der Waals surface area (Å²) in [7, 11) is 0. The predicted molar refractivity (Wildman–Crippen MR) is 91.3 cm³/mol. The molecule has 2 rings (SSSR count). The average molecular weight is 319 g/mol. The van der Waals surface area contributed by atoms with Crippen molar-refractivity contribution < 1.29 is 4.74 Å². The highest BCUT2D eigenvalue weighted by Gasteiger charge is 2.10. The Hall–Kier alpha value is -1.61. The Bertz CT molecular complexity index is 628. The topological polar surface area (TPSA) is 35.0 Å². The minimum atomic E-state index is 0.499. The van der Waals surface area contributed by atoms with E-state index in [0.29, 0.717) is 29.2 Å². The molecular weight excluding hydrogens is 296 g/mol. The maximum atomic E-state index is 6.33. The Labute approximate surface area is 137 Å². The van der Waals surface area contributed by atoms with Crippen molar-refractivity contribution in [3.05, 3.63) is 41.3 Å². The Morgan fingerprint density at radius 2 is 1.95 bits per heavy atom. The molecule has 0 saturated heterocycles. The molecule has 0 aliphatic heterocycles. The second kappa shape index (κ2) is 7.59. The van der Waals surface area contributed by atoms with Crippen LogP contribution in [0, 0.1) is 18.8 Å². The third kappa shape index (κ3) is 4.70. The largest absolute Gasteiger partial charge is 0.490 e. The number of hydrogen-bond acceptors (Lipinski definition) is 3. The van der Waals surface area contributed by atoms with Crippen LogP contribution in [0.2, 0.25) is 5.02 Å². The van der Waals surface area contributed by atoms with Crippen LogP contribution in [0.4, 0.5) is 0 Å². The molecule has 0 radical (unpaired) electrons. The number of aromatic nitrogens is 2. The normalized spacial score (nSPS) is 12.5. The van der Waals surface area contributed by atoms with Crippen molar-refractivity contribution in [3.8, 4) is 17.0 Å². The lowest BCUT2D eigenvalue weighted by Crippen LogP contribution is -2.11. The number of rotatable bonds is 6. The van der Waals surface area contributed by atoms with Crippen LogP contribution in [-0.4, -0.2) is 16.6 Å². The molecule has 0 amide bonds. The fraction of sp³-hybridized carbons (Fsp3) is 0.444. The second-order valence-corrected chi connectivity index (χ2v) is 6.64. The van der Waals surface area contributed by atoms with Crippen molar-refractivity contribution in [2.45, 2.75) is 34.1 Å². The molecule has 2 aromatic rings. The summed E-state index contributed by atoms with van der Waals surface area (Å²) in [6.07, 6.45) is 4.62. The van der Waals surface area contributed by atoms with Gasteiger partial charge in [-0.15, -0.1) is 0 Å². The maximum Gasteiger partial charge on any atom is 0.156 e. The van der Waals surface area contributed by atoms with Gasteiger partial charge in [-0.1, -0.05) is 32.4 Å². The zero-order valence-corrected chi connectivity index (χ0v) is 14.4. The van der Waals surface area contributed by atoms with Crippen molar-refractivity contribution >= 4 is 11.6 Å². The van der Waals surface area contributed by atoms with E-state index in [1.54, 1.807) is 12.4 Å². The molecule has 1 atom stereocenters. The van der Waals surface area contributed by atoms with E-state index in [1.165, 1.54) is 0 Å². The molecular formula is C18H23ClN2O. The highest BCUT2D eigenvalue weighted by Crippen LogP contribution is 2.29. The third-order valence-electron chi connectivity index (χ3n) is 3.41. The van der Waals surface area contributed by atoms with Crippen molar-refractivity contribution in [1.29, 1.82) is 0 Å². The van der Waals surface area contributed by atoms with Gasteiger partial charge in [-0.3, -0.25) is 9.97 Å². The summed E-state index contributed by atoms with van der Waals surface area (Å²) in [6.45, 7) is 9.24. The van der Waals surface area contributed by atoms with Gasteiger partial charge in [-0.2, -0.15) is 0 Å². The molecule has 22 heavy (non-hydrogen) atoms. The van der Waals surface area contributed by atoms with E-state index < -0.39 is 0 Å². The Morgan fingerprint density at radius 1 is 1.18 bits per heavy atom. The summed E-state index contributed by atoms with van der Waals surface area (Å²) >= 11 is 6.33. The minimum Gasteiger partial charge on any atom is -0.490 e. The number of aryl methyl sites for hydroxylation is 1. The van der Waals surface area contributed by atoms with Crippen molar-refractivity contribution in [1.82, 2.24) is 9.97 Å². The summed E-state index contributed by atoms with van der Waals surface area (Å²) in [5.41, 5.74) is 2.80. The van der Waals surface area contributed by atoms with Gasteiger partial charge in [0.25, 0.3) is 0 Å². The number of pyridine rings is 2. The first kappa shape index (κ1) is 16.8. The Balaban J connectivity index is 2.07. The van der Waals surface area contributed by atoms with E-state index in [0.717, 1.165) is 23.4 Å². The smallest absolute Gasteiger partial charge is 0.156 e. The molecule has 0 aromatic carbocycles. The Morgan fingerprint density at radius 3 is 2.59 bits per heavy atom. The van der Waals surface area contributed by atoms with Crippen molar-refractivity contribution in [3.63, 3.8) is 0 Å². The van der Waals surface area contributed by atoms with Gasteiger partial charge in [0.05, 0.1) is 23.5 Å². The molecule has 2 heterocycles. The van der Waals surface area contributed by atoms with Gasteiger partial charge in [-0.05, 0) is 43.4 Å². The fourth-order valence-corrected chi connectivity index (χ4v) is 2.70. The van der Waals surface area contributed by atoms with Crippen LogP contribution in [0.5, 0.6) is 5.75 Å². The van der Waals surface area contributed by atoms with Crippen LogP contribution in [0.15, 0.2) is 30.6 Å². The van der Waals surface area contributed by atoms with Gasteiger partial charge in [-0.25, -0.2) is 0 Å². The minimum absolute atomic E-state index is 0.499. The number of halogens is 1. The fourth-order valence-electron chi connectivity index (χ4n) is 2.49. The van der Waals surface area contributed by atoms with Crippen LogP contribution < -0.4 is 4.74 Å². The lowest BCUT2D eigenvalue weighted by molar-refractivity contribution is 0.238. The first-order chi connectivity index (χ1) is 10.5. The summed E-state index contributed by atoms with van der Waals surface area (Å²) in [5, 5.41) is 0.594. The van der Waals surface area contributed by atoms with Crippen LogP contribution in [0.1, 0.15) is 32.9 Å². The lowest BCUT2D eigenvalue weighted by Gasteiger charge is -2.15. The summed E-state index contributed by atoms with van der Waals surface area (Å²) < 4.78 is 5.81. The summed E-state index contributed by atoms with van der Waals surface area (Å²) in [6, 6.07) is 5.76. The second-order valence-electron chi connectivity index (χ2n) is 6.23. The molecule has 0 aliphatic rings. The molecule has 0 aliphatic carbocycles. The van der Waals surface area contributed by atoms with Crippen LogP contribution in [-0.2, 0) is 0 Å². The van der Waals surface area contributed by atoms with E-state index in [4.69, 9.17) is 16.3 Å².